The fourth-order valence-corrected chi connectivity index (χ4v) is 1.62. The van der Waals surface area contributed by atoms with Crippen LogP contribution in [0.5, 0.6) is 0 Å². The number of nitrogens with two attached hydrogens (primary N) is 1. The van der Waals surface area contributed by atoms with Gasteiger partial charge in [0.25, 0.3) is 0 Å². The molecule has 0 aromatic rings. The molecule has 0 heterocycles. The number of nitrogens with one attached hydrogen (secondary N) is 2. The van der Waals surface area contributed by atoms with Crippen molar-refractivity contribution in [2.75, 3.05) is 0 Å². The van der Waals surface area contributed by atoms with Crippen molar-refractivity contribution in [3.8, 4) is 0 Å². The quantitative estimate of drug-likeness (QED) is 0.386. The van der Waals surface area contributed by atoms with Crippen molar-refractivity contribution in [3.05, 3.63) is 0 Å². The van der Waals surface area contributed by atoms with Gasteiger partial charge in [-0.05, 0) is 18.8 Å². The Morgan fingerprint density at radius 2 is 1.67 bits per heavy atom. The number of amides is 3. The summed E-state index contributed by atoms with van der Waals surface area (Å²) in [5.74, 6) is -3.30. The van der Waals surface area contributed by atoms with E-state index in [-0.39, 0.29) is 25.2 Å². The Hall–Kier alpha value is -2.32. The summed E-state index contributed by atoms with van der Waals surface area (Å²) in [7, 11) is 0. The van der Waals surface area contributed by atoms with Crippen molar-refractivity contribution in [3.63, 3.8) is 0 Å². The van der Waals surface area contributed by atoms with Crippen LogP contribution in [-0.4, -0.2) is 46.2 Å². The van der Waals surface area contributed by atoms with Crippen molar-refractivity contribution in [1.82, 2.24) is 10.6 Å². The SMILES string of the molecule is CC(C)C(NC(=O)N[C@H](CCCC(=O)O)C(=O)O)C(N)=O. The fraction of sp³-hybridized carbons (Fsp3) is 0.667. The highest BCUT2D eigenvalue weighted by Gasteiger charge is 2.25. The molecule has 2 atom stereocenters. The lowest BCUT2D eigenvalue weighted by Crippen LogP contribution is -2.54. The van der Waals surface area contributed by atoms with E-state index in [0.29, 0.717) is 0 Å². The van der Waals surface area contributed by atoms with Crippen molar-refractivity contribution in [1.29, 1.82) is 0 Å². The predicted octanol–water partition coefficient (Wildman–Crippen LogP) is -0.496. The number of carboxylic acids is 2. The highest BCUT2D eigenvalue weighted by Crippen LogP contribution is 2.03. The first kappa shape index (κ1) is 18.7. The summed E-state index contributed by atoms with van der Waals surface area (Å²) in [6.07, 6.45) is -0.114. The summed E-state index contributed by atoms with van der Waals surface area (Å²) in [4.78, 5) is 44.2. The maximum Gasteiger partial charge on any atom is 0.326 e. The Balaban J connectivity index is 4.50. The first-order chi connectivity index (χ1) is 9.65. The van der Waals surface area contributed by atoms with Crippen molar-refractivity contribution < 1.29 is 29.4 Å². The van der Waals surface area contributed by atoms with E-state index in [4.69, 9.17) is 15.9 Å². The van der Waals surface area contributed by atoms with Gasteiger partial charge in [-0.2, -0.15) is 0 Å². The molecule has 0 aliphatic rings. The molecule has 120 valence electrons. The number of rotatable bonds is 9. The number of primary amides is 1. The molecule has 0 aromatic heterocycles. The predicted molar refractivity (Wildman–Crippen MR) is 72.4 cm³/mol. The number of hydrogen-bond donors (Lipinski definition) is 5. The maximum absolute atomic E-state index is 11.7. The number of aliphatic carboxylic acids is 2. The molecule has 0 fully saturated rings. The molecule has 9 heteroatoms. The van der Waals surface area contributed by atoms with Gasteiger partial charge in [0.15, 0.2) is 0 Å². The Bertz CT molecular complexity index is 410. The number of carboxylic acid groups (broad SMARTS) is 2. The third-order valence-electron chi connectivity index (χ3n) is 2.75. The van der Waals surface area contributed by atoms with E-state index in [2.05, 4.69) is 10.6 Å². The largest absolute Gasteiger partial charge is 0.481 e. The van der Waals surface area contributed by atoms with Crippen LogP contribution in [0.4, 0.5) is 4.79 Å². The van der Waals surface area contributed by atoms with Crippen LogP contribution < -0.4 is 16.4 Å². The van der Waals surface area contributed by atoms with E-state index >= 15 is 0 Å². The average Bonchev–Trinajstić information content (AvgIpc) is 2.33. The minimum atomic E-state index is -1.28. The van der Waals surface area contributed by atoms with Gasteiger partial charge < -0.3 is 26.6 Å². The zero-order valence-corrected chi connectivity index (χ0v) is 12.0. The van der Waals surface area contributed by atoms with Crippen LogP contribution in [0.1, 0.15) is 33.1 Å². The molecule has 0 saturated carbocycles. The van der Waals surface area contributed by atoms with Crippen LogP contribution in [0.15, 0.2) is 0 Å². The molecule has 0 saturated heterocycles. The zero-order valence-electron chi connectivity index (χ0n) is 12.0. The van der Waals surface area contributed by atoms with Crippen LogP contribution in [0.25, 0.3) is 0 Å². The topological polar surface area (TPSA) is 159 Å². The monoisotopic (exact) mass is 303 g/mol. The van der Waals surface area contributed by atoms with E-state index in [1.807, 2.05) is 0 Å². The zero-order chi connectivity index (χ0) is 16.6. The summed E-state index contributed by atoms with van der Waals surface area (Å²) < 4.78 is 0. The lowest BCUT2D eigenvalue weighted by atomic mass is 10.0. The fourth-order valence-electron chi connectivity index (χ4n) is 1.62. The van der Waals surface area contributed by atoms with Crippen LogP contribution in [0, 0.1) is 5.92 Å². The highest BCUT2D eigenvalue weighted by atomic mass is 16.4. The molecular formula is C12H21N3O6. The van der Waals surface area contributed by atoms with Gasteiger partial charge in [0, 0.05) is 6.42 Å². The smallest absolute Gasteiger partial charge is 0.326 e. The summed E-state index contributed by atoms with van der Waals surface area (Å²) in [5.41, 5.74) is 5.13. The molecule has 21 heavy (non-hydrogen) atoms. The lowest BCUT2D eigenvalue weighted by molar-refractivity contribution is -0.140. The normalized spacial score (nSPS) is 13.3. The summed E-state index contributed by atoms with van der Waals surface area (Å²) in [5, 5.41) is 21.9. The Kier molecular flexibility index (Phi) is 7.80. The Morgan fingerprint density at radius 1 is 1.10 bits per heavy atom. The van der Waals surface area contributed by atoms with Gasteiger partial charge in [-0.3, -0.25) is 9.59 Å². The molecular weight excluding hydrogens is 282 g/mol. The third kappa shape index (κ3) is 7.75. The van der Waals surface area contributed by atoms with Gasteiger partial charge in [0.2, 0.25) is 5.91 Å². The highest BCUT2D eigenvalue weighted by molar-refractivity contribution is 5.88. The molecule has 0 aromatic carbocycles. The summed E-state index contributed by atoms with van der Waals surface area (Å²) >= 11 is 0. The van der Waals surface area contributed by atoms with Crippen LogP contribution in [0.3, 0.4) is 0 Å². The number of hydrogen-bond acceptors (Lipinski definition) is 4. The van der Waals surface area contributed by atoms with Crippen LogP contribution in [0.2, 0.25) is 0 Å². The molecule has 0 rings (SSSR count). The molecule has 9 nitrogen and oxygen atoms in total. The van der Waals surface area contributed by atoms with E-state index in [1.165, 1.54) is 0 Å². The molecule has 0 spiro atoms. The Labute approximate surface area is 121 Å². The van der Waals surface area contributed by atoms with Crippen LogP contribution in [-0.2, 0) is 14.4 Å². The second-order valence-corrected chi connectivity index (χ2v) is 4.92. The minimum Gasteiger partial charge on any atom is -0.481 e. The average molecular weight is 303 g/mol. The van der Waals surface area contributed by atoms with E-state index in [1.54, 1.807) is 13.8 Å². The number of carbonyl (C=O) groups is 4. The summed E-state index contributed by atoms with van der Waals surface area (Å²) in [6, 6.07) is -2.99. The van der Waals surface area contributed by atoms with Crippen molar-refractivity contribution >= 4 is 23.9 Å². The van der Waals surface area contributed by atoms with E-state index < -0.39 is 36.0 Å². The first-order valence-corrected chi connectivity index (χ1v) is 6.46. The molecule has 0 aliphatic carbocycles. The summed E-state index contributed by atoms with van der Waals surface area (Å²) in [6.45, 7) is 3.36. The van der Waals surface area contributed by atoms with Gasteiger partial charge in [-0.15, -0.1) is 0 Å². The van der Waals surface area contributed by atoms with Gasteiger partial charge in [-0.1, -0.05) is 13.8 Å². The maximum atomic E-state index is 11.7. The molecule has 0 radical (unpaired) electrons. The second kappa shape index (κ2) is 8.77. The third-order valence-corrected chi connectivity index (χ3v) is 2.75. The van der Waals surface area contributed by atoms with Gasteiger partial charge in [-0.25, -0.2) is 9.59 Å². The second-order valence-electron chi connectivity index (χ2n) is 4.92. The van der Waals surface area contributed by atoms with E-state index in [0.717, 1.165) is 0 Å². The minimum absolute atomic E-state index is 0.0298. The van der Waals surface area contributed by atoms with Gasteiger partial charge in [0.05, 0.1) is 0 Å². The molecule has 0 aliphatic heterocycles. The first-order valence-electron chi connectivity index (χ1n) is 6.46. The molecule has 6 N–H and O–H groups in total. The van der Waals surface area contributed by atoms with Gasteiger partial charge in [0.1, 0.15) is 12.1 Å². The standard InChI is InChI=1S/C12H21N3O6/c1-6(2)9(10(13)18)15-12(21)14-7(11(19)20)4-3-5-8(16)17/h6-7,9H,3-5H2,1-2H3,(H2,13,18)(H,16,17)(H,19,20)(H2,14,15,21)/t7-,9?/m1/s1. The van der Waals surface area contributed by atoms with Crippen molar-refractivity contribution in [2.24, 2.45) is 11.7 Å². The number of urea groups is 1. The molecule has 0 bridgehead atoms. The van der Waals surface area contributed by atoms with Crippen molar-refractivity contribution in [2.45, 2.75) is 45.2 Å². The van der Waals surface area contributed by atoms with Gasteiger partial charge >= 0.3 is 18.0 Å². The van der Waals surface area contributed by atoms with E-state index in [9.17, 15) is 19.2 Å². The Morgan fingerprint density at radius 3 is 2.05 bits per heavy atom. The molecule has 1 unspecified atom stereocenters. The van der Waals surface area contributed by atoms with Crippen LogP contribution >= 0.6 is 0 Å². The number of carbonyl (C=O) groups excluding carboxylic acids is 2. The molecule has 3 amide bonds. The lowest BCUT2D eigenvalue weighted by Gasteiger charge is -2.21.